The van der Waals surface area contributed by atoms with Crippen LogP contribution in [0.3, 0.4) is 0 Å². The van der Waals surface area contributed by atoms with Crippen molar-refractivity contribution >= 4 is 7.28 Å². The molecule has 54 valence electrons. The molecule has 0 saturated heterocycles. The number of hydrogen-bond donors (Lipinski definition) is 0. The Bertz CT molecular complexity index is 71.1. The molecule has 0 N–H and O–H groups in total. The molecule has 9 heavy (non-hydrogen) atoms. The Morgan fingerprint density at radius 1 is 1.33 bits per heavy atom. The van der Waals surface area contributed by atoms with Gasteiger partial charge in [-0.1, -0.05) is 46.8 Å². The van der Waals surface area contributed by atoms with Crippen LogP contribution in [0.4, 0.5) is 0 Å². The molecule has 0 heterocycles. The van der Waals surface area contributed by atoms with Gasteiger partial charge in [-0.15, -0.1) is 0 Å². The molecule has 1 heteroatoms. The highest BCUT2D eigenvalue weighted by molar-refractivity contribution is 6.35. The van der Waals surface area contributed by atoms with E-state index < -0.39 is 0 Å². The lowest BCUT2D eigenvalue weighted by Crippen LogP contribution is -2.10. The lowest BCUT2D eigenvalue weighted by atomic mass is 9.63. The Morgan fingerprint density at radius 2 is 1.78 bits per heavy atom. The molecule has 0 aromatic rings. The smallest absolute Gasteiger partial charge is 0.0891 e. The second-order valence-corrected chi connectivity index (χ2v) is 4.28. The fourth-order valence-electron chi connectivity index (χ4n) is 1.19. The predicted molar refractivity (Wildman–Crippen MR) is 46.5 cm³/mol. The minimum atomic E-state index is 0.523. The van der Waals surface area contributed by atoms with Crippen LogP contribution < -0.4 is 0 Å². The Hall–Kier alpha value is 0.0649. The fraction of sp³-hybridized carbons (Fsp3) is 1.00. The summed E-state index contributed by atoms with van der Waals surface area (Å²) in [5.41, 5.74) is 0.523. The molecule has 0 rings (SSSR count). The Kier molecular flexibility index (Phi) is 3.31. The van der Waals surface area contributed by atoms with Crippen molar-refractivity contribution in [1.29, 1.82) is 0 Å². The van der Waals surface area contributed by atoms with Gasteiger partial charge in [0.1, 0.15) is 7.28 Å². The van der Waals surface area contributed by atoms with Gasteiger partial charge in [0.25, 0.3) is 0 Å². The van der Waals surface area contributed by atoms with E-state index in [2.05, 4.69) is 34.5 Å². The summed E-state index contributed by atoms with van der Waals surface area (Å²) in [6.45, 7) is 11.5. The zero-order valence-corrected chi connectivity index (χ0v) is 7.49. The second-order valence-electron chi connectivity index (χ2n) is 4.28. The van der Waals surface area contributed by atoms with E-state index in [4.69, 9.17) is 0 Å². The molecule has 0 aliphatic carbocycles. The molecule has 0 aromatic heterocycles. The summed E-state index contributed by atoms with van der Waals surface area (Å²) < 4.78 is 0. The molecule has 0 saturated carbocycles. The minimum absolute atomic E-state index is 0.523. The van der Waals surface area contributed by atoms with Crippen LogP contribution in [0, 0.1) is 5.41 Å². The van der Waals surface area contributed by atoms with Gasteiger partial charge in [0, 0.05) is 0 Å². The minimum Gasteiger partial charge on any atom is -0.0891 e. The summed E-state index contributed by atoms with van der Waals surface area (Å²) >= 11 is 0. The van der Waals surface area contributed by atoms with Crippen LogP contribution in [-0.4, -0.2) is 7.28 Å². The molecule has 1 unspecified atom stereocenters. The normalized spacial score (nSPS) is 15.2. The van der Waals surface area contributed by atoms with Gasteiger partial charge in [0.15, 0.2) is 0 Å². The zero-order chi connectivity index (χ0) is 7.49. The predicted octanol–water partition coefficient (Wildman–Crippen LogP) is 2.72. The summed E-state index contributed by atoms with van der Waals surface area (Å²) in [5, 5.41) is 0. The first kappa shape index (κ1) is 9.06. The third kappa shape index (κ3) is 5.94. The molecule has 0 aromatic carbocycles. The van der Waals surface area contributed by atoms with Crippen molar-refractivity contribution in [3.8, 4) is 0 Å². The second kappa shape index (κ2) is 3.29. The summed E-state index contributed by atoms with van der Waals surface area (Å²) in [6.07, 6.45) is 1.35. The van der Waals surface area contributed by atoms with Gasteiger partial charge in [0.2, 0.25) is 0 Å². The quantitative estimate of drug-likeness (QED) is 0.499. The molecule has 0 spiro atoms. The van der Waals surface area contributed by atoms with Crippen LogP contribution in [0.1, 0.15) is 34.1 Å². The van der Waals surface area contributed by atoms with Gasteiger partial charge in [-0.05, 0) is 5.41 Å². The van der Waals surface area contributed by atoms with Gasteiger partial charge in [0.05, 0.1) is 0 Å². The first-order chi connectivity index (χ1) is 3.95. The zero-order valence-electron chi connectivity index (χ0n) is 7.49. The lowest BCUT2D eigenvalue weighted by Gasteiger charge is -2.21. The SMILES string of the molecule is CBC(C)CC(C)(C)C. The molecule has 0 radical (unpaired) electrons. The van der Waals surface area contributed by atoms with E-state index in [1.165, 1.54) is 13.7 Å². The van der Waals surface area contributed by atoms with E-state index in [0.29, 0.717) is 5.41 Å². The van der Waals surface area contributed by atoms with Crippen molar-refractivity contribution in [3.63, 3.8) is 0 Å². The van der Waals surface area contributed by atoms with Gasteiger partial charge < -0.3 is 0 Å². The van der Waals surface area contributed by atoms with Crippen molar-refractivity contribution in [2.45, 2.75) is 46.8 Å². The van der Waals surface area contributed by atoms with Crippen LogP contribution in [-0.2, 0) is 0 Å². The fourth-order valence-corrected chi connectivity index (χ4v) is 1.19. The van der Waals surface area contributed by atoms with Gasteiger partial charge >= 0.3 is 0 Å². The van der Waals surface area contributed by atoms with Crippen molar-refractivity contribution in [2.24, 2.45) is 5.41 Å². The molecule has 1 atom stereocenters. The summed E-state index contributed by atoms with van der Waals surface area (Å²) in [7, 11) is 1.32. The van der Waals surface area contributed by atoms with Gasteiger partial charge in [-0.25, -0.2) is 0 Å². The highest BCUT2D eigenvalue weighted by atomic mass is 14.1. The lowest BCUT2D eigenvalue weighted by molar-refractivity contribution is 0.372. The molecule has 0 aliphatic heterocycles. The third-order valence-electron chi connectivity index (χ3n) is 1.66. The molecule has 0 aliphatic rings. The molecule has 0 amide bonds. The standard InChI is InChI=1S/C8H19B/c1-7(9-5)6-8(2,3)4/h7,9H,6H2,1-5H3. The maximum Gasteiger partial charge on any atom is 0.120 e. The monoisotopic (exact) mass is 126 g/mol. The number of hydrogen-bond acceptors (Lipinski definition) is 0. The van der Waals surface area contributed by atoms with Crippen LogP contribution in [0.2, 0.25) is 12.6 Å². The van der Waals surface area contributed by atoms with Crippen molar-refractivity contribution in [3.05, 3.63) is 0 Å². The molecule has 0 bridgehead atoms. The highest BCUT2D eigenvalue weighted by Crippen LogP contribution is 2.26. The van der Waals surface area contributed by atoms with E-state index in [9.17, 15) is 0 Å². The topological polar surface area (TPSA) is 0 Å². The summed E-state index contributed by atoms with van der Waals surface area (Å²) in [5.74, 6) is 0.894. The first-order valence-corrected chi connectivity index (χ1v) is 3.95. The van der Waals surface area contributed by atoms with E-state index in [1.54, 1.807) is 0 Å². The van der Waals surface area contributed by atoms with Crippen molar-refractivity contribution < 1.29 is 0 Å². The Balaban J connectivity index is 3.47. The van der Waals surface area contributed by atoms with E-state index >= 15 is 0 Å². The molecule has 0 fully saturated rings. The first-order valence-electron chi connectivity index (χ1n) is 3.95. The average Bonchev–Trinajstić information content (AvgIpc) is 1.62. The third-order valence-corrected chi connectivity index (χ3v) is 1.66. The van der Waals surface area contributed by atoms with Gasteiger partial charge in [-0.3, -0.25) is 0 Å². The van der Waals surface area contributed by atoms with Crippen molar-refractivity contribution in [2.75, 3.05) is 0 Å². The number of rotatable bonds is 2. The Morgan fingerprint density at radius 3 is 1.89 bits per heavy atom. The molecule has 0 nitrogen and oxygen atoms in total. The highest BCUT2D eigenvalue weighted by Gasteiger charge is 2.13. The van der Waals surface area contributed by atoms with Crippen LogP contribution in [0.5, 0.6) is 0 Å². The molecular weight excluding hydrogens is 107 g/mol. The Labute approximate surface area is 60.3 Å². The van der Waals surface area contributed by atoms with Crippen LogP contribution in [0.25, 0.3) is 0 Å². The van der Waals surface area contributed by atoms with Crippen LogP contribution in [0.15, 0.2) is 0 Å². The van der Waals surface area contributed by atoms with Crippen molar-refractivity contribution in [1.82, 2.24) is 0 Å². The van der Waals surface area contributed by atoms with Gasteiger partial charge in [-0.2, -0.15) is 0 Å². The van der Waals surface area contributed by atoms with E-state index in [-0.39, 0.29) is 0 Å². The maximum atomic E-state index is 2.32. The summed E-state index contributed by atoms with van der Waals surface area (Å²) in [4.78, 5) is 0. The molecular formula is C8H19B. The largest absolute Gasteiger partial charge is 0.120 e. The summed E-state index contributed by atoms with van der Waals surface area (Å²) in [6, 6.07) is 0. The van der Waals surface area contributed by atoms with Crippen LogP contribution >= 0.6 is 0 Å². The average molecular weight is 126 g/mol. The maximum absolute atomic E-state index is 2.32. The van der Waals surface area contributed by atoms with E-state index in [0.717, 1.165) is 5.82 Å². The van der Waals surface area contributed by atoms with E-state index in [1.807, 2.05) is 0 Å².